The Bertz CT molecular complexity index is 1470. The molecular weight excluding hydrogens is 561 g/mol. The van der Waals surface area contributed by atoms with Gasteiger partial charge in [0.05, 0.1) is 34.3 Å². The molecule has 14 heteroatoms. The van der Waals surface area contributed by atoms with Crippen LogP contribution < -0.4 is 15.4 Å². The van der Waals surface area contributed by atoms with E-state index in [9.17, 15) is 28.5 Å². The van der Waals surface area contributed by atoms with Crippen LogP contribution in [0.5, 0.6) is 5.75 Å². The lowest BCUT2D eigenvalue weighted by Crippen LogP contribution is -2.36. The highest BCUT2D eigenvalue weighted by molar-refractivity contribution is 7.21. The number of aryl methyl sites for hydroxylation is 1. The molecule has 5 atom stereocenters. The van der Waals surface area contributed by atoms with Crippen molar-refractivity contribution in [2.24, 2.45) is 5.92 Å². The van der Waals surface area contributed by atoms with Gasteiger partial charge in [0.15, 0.2) is 0 Å². The number of alkyl halides is 3. The topological polar surface area (TPSA) is 146 Å². The minimum absolute atomic E-state index is 0.200. The van der Waals surface area contributed by atoms with Gasteiger partial charge in [0.25, 0.3) is 0 Å². The predicted octanol–water partition coefficient (Wildman–Crippen LogP) is 3.91. The Morgan fingerprint density at radius 2 is 1.85 bits per heavy atom. The molecule has 1 saturated carbocycles. The summed E-state index contributed by atoms with van der Waals surface area (Å²) in [5.41, 5.74) is 2.76. The predicted molar refractivity (Wildman–Crippen MR) is 148 cm³/mol. The van der Waals surface area contributed by atoms with Crippen LogP contribution in [0.2, 0.25) is 0 Å². The van der Waals surface area contributed by atoms with Crippen molar-refractivity contribution in [1.82, 2.24) is 19.9 Å². The van der Waals surface area contributed by atoms with Crippen LogP contribution in [-0.2, 0) is 6.42 Å². The SMILES string of the molecule is Cc1nc(NC(C)Cc2ccc(OC(F)(F)F)cc2)nc(NC2CC(CO)C(O)C2O)c1-c1nc2cnccc2s1. The highest BCUT2D eigenvalue weighted by atomic mass is 32.1. The van der Waals surface area contributed by atoms with Gasteiger partial charge in [0.1, 0.15) is 28.2 Å². The average Bonchev–Trinajstić information content (AvgIpc) is 3.45. The summed E-state index contributed by atoms with van der Waals surface area (Å²) in [6.07, 6.45) is -2.80. The van der Waals surface area contributed by atoms with Crippen molar-refractivity contribution in [3.63, 3.8) is 0 Å². The maximum Gasteiger partial charge on any atom is 0.573 e. The van der Waals surface area contributed by atoms with E-state index >= 15 is 0 Å². The zero-order valence-electron chi connectivity index (χ0n) is 22.1. The highest BCUT2D eigenvalue weighted by Gasteiger charge is 2.41. The number of nitrogens with one attached hydrogen (secondary N) is 2. The van der Waals surface area contributed by atoms with Crippen LogP contribution in [0.1, 0.15) is 24.6 Å². The molecule has 3 aromatic heterocycles. The number of benzene rings is 1. The number of pyridine rings is 1. The van der Waals surface area contributed by atoms with Gasteiger partial charge in [-0.3, -0.25) is 4.98 Å². The van der Waals surface area contributed by atoms with Gasteiger partial charge in [-0.25, -0.2) is 9.97 Å². The summed E-state index contributed by atoms with van der Waals surface area (Å²) in [7, 11) is 0. The van der Waals surface area contributed by atoms with Gasteiger partial charge in [-0.15, -0.1) is 24.5 Å². The summed E-state index contributed by atoms with van der Waals surface area (Å²) in [5.74, 6) is -0.0659. The second-order valence-electron chi connectivity index (χ2n) is 10.1. The van der Waals surface area contributed by atoms with E-state index in [4.69, 9.17) is 9.97 Å². The van der Waals surface area contributed by atoms with Crippen molar-refractivity contribution < 1.29 is 33.2 Å². The smallest absolute Gasteiger partial charge is 0.406 e. The second-order valence-corrected chi connectivity index (χ2v) is 11.1. The molecule has 3 heterocycles. The first kappa shape index (κ1) is 28.9. The first-order valence-electron chi connectivity index (χ1n) is 12.9. The van der Waals surface area contributed by atoms with Crippen LogP contribution in [-0.4, -0.2) is 72.5 Å². The molecule has 218 valence electrons. The average molecular weight is 591 g/mol. The fourth-order valence-corrected chi connectivity index (χ4v) is 5.99. The third-order valence-electron chi connectivity index (χ3n) is 6.93. The minimum atomic E-state index is -4.75. The van der Waals surface area contributed by atoms with Crippen LogP contribution in [0.25, 0.3) is 20.8 Å². The van der Waals surface area contributed by atoms with Crippen molar-refractivity contribution in [2.75, 3.05) is 17.2 Å². The molecule has 0 amide bonds. The molecule has 5 unspecified atom stereocenters. The molecule has 41 heavy (non-hydrogen) atoms. The fraction of sp³-hybridized carbons (Fsp3) is 0.407. The van der Waals surface area contributed by atoms with E-state index in [-0.39, 0.29) is 18.4 Å². The standard InChI is InChI=1S/C27H29F3N6O4S/c1-13(9-15-3-5-17(6-4-15)40-27(28,29)30)32-26-33-14(2)21(25-35-19-11-31-8-7-20(19)41-25)24(36-26)34-18-10-16(12-37)22(38)23(18)39/h3-8,11,13,16,18,22-23,37-39H,9-10,12H2,1-2H3,(H2,32,33,34,36). The van der Waals surface area contributed by atoms with E-state index < -0.39 is 30.5 Å². The second kappa shape index (κ2) is 11.7. The van der Waals surface area contributed by atoms with Gasteiger partial charge in [0, 0.05) is 24.8 Å². The summed E-state index contributed by atoms with van der Waals surface area (Å²) in [6.45, 7) is 3.45. The summed E-state index contributed by atoms with van der Waals surface area (Å²) in [5, 5.41) is 37.8. The van der Waals surface area contributed by atoms with Gasteiger partial charge < -0.3 is 30.7 Å². The third kappa shape index (κ3) is 6.67. The largest absolute Gasteiger partial charge is 0.573 e. The van der Waals surface area contributed by atoms with Crippen LogP contribution >= 0.6 is 11.3 Å². The number of nitrogens with zero attached hydrogens (tertiary/aromatic N) is 4. The Labute approximate surface area is 237 Å². The van der Waals surface area contributed by atoms with Crippen molar-refractivity contribution in [3.05, 3.63) is 54.0 Å². The van der Waals surface area contributed by atoms with Crippen molar-refractivity contribution in [1.29, 1.82) is 0 Å². The van der Waals surface area contributed by atoms with Gasteiger partial charge >= 0.3 is 6.36 Å². The molecule has 0 radical (unpaired) electrons. The van der Waals surface area contributed by atoms with Crippen molar-refractivity contribution in [3.8, 4) is 16.3 Å². The Morgan fingerprint density at radius 3 is 2.51 bits per heavy atom. The van der Waals surface area contributed by atoms with E-state index in [0.717, 1.165) is 15.8 Å². The monoisotopic (exact) mass is 590 g/mol. The molecule has 0 spiro atoms. The number of ether oxygens (including phenoxy) is 1. The number of rotatable bonds is 9. The Balaban J connectivity index is 1.41. The van der Waals surface area contributed by atoms with Gasteiger partial charge in [-0.05, 0) is 50.5 Å². The molecule has 0 aliphatic heterocycles. The molecule has 1 aromatic carbocycles. The molecule has 1 aliphatic carbocycles. The maximum absolute atomic E-state index is 12.5. The van der Waals surface area contributed by atoms with Crippen LogP contribution in [0, 0.1) is 12.8 Å². The Kier molecular flexibility index (Phi) is 8.27. The summed E-state index contributed by atoms with van der Waals surface area (Å²) >= 11 is 1.44. The van der Waals surface area contributed by atoms with Gasteiger partial charge in [0.2, 0.25) is 5.95 Å². The van der Waals surface area contributed by atoms with Crippen molar-refractivity contribution >= 4 is 33.3 Å². The summed E-state index contributed by atoms with van der Waals surface area (Å²) in [4.78, 5) is 18.2. The zero-order valence-corrected chi connectivity index (χ0v) is 22.9. The number of aromatic nitrogens is 4. The molecule has 5 N–H and O–H groups in total. The molecule has 10 nitrogen and oxygen atoms in total. The zero-order chi connectivity index (χ0) is 29.3. The molecule has 1 aliphatic rings. The lowest BCUT2D eigenvalue weighted by molar-refractivity contribution is -0.274. The van der Waals surface area contributed by atoms with E-state index in [1.54, 1.807) is 24.5 Å². The Morgan fingerprint density at radius 1 is 1.10 bits per heavy atom. The third-order valence-corrected chi connectivity index (χ3v) is 7.98. The first-order chi connectivity index (χ1) is 19.5. The number of hydrogen-bond donors (Lipinski definition) is 5. The normalized spacial score (nSPS) is 21.7. The van der Waals surface area contributed by atoms with E-state index in [0.29, 0.717) is 40.9 Å². The van der Waals surface area contributed by atoms with Crippen LogP contribution in [0.4, 0.5) is 24.9 Å². The lowest BCUT2D eigenvalue weighted by atomic mass is 10.1. The molecule has 0 saturated heterocycles. The van der Waals surface area contributed by atoms with Gasteiger partial charge in [-0.2, -0.15) is 4.98 Å². The molecule has 0 bridgehead atoms. The molecule has 1 fully saturated rings. The van der Waals surface area contributed by atoms with E-state index in [2.05, 4.69) is 25.3 Å². The summed E-state index contributed by atoms with van der Waals surface area (Å²) in [6, 6.07) is 6.75. The number of anilines is 2. The quantitative estimate of drug-likeness (QED) is 0.195. The highest BCUT2D eigenvalue weighted by Crippen LogP contribution is 2.38. The summed E-state index contributed by atoms with van der Waals surface area (Å²) < 4.78 is 42.2. The first-order valence-corrected chi connectivity index (χ1v) is 13.8. The number of thiazole rings is 1. The lowest BCUT2D eigenvalue weighted by Gasteiger charge is -2.22. The minimum Gasteiger partial charge on any atom is -0.406 e. The van der Waals surface area contributed by atoms with Crippen LogP contribution in [0.3, 0.4) is 0 Å². The number of aliphatic hydroxyl groups excluding tert-OH is 3. The van der Waals surface area contributed by atoms with E-state index in [1.807, 2.05) is 19.9 Å². The van der Waals surface area contributed by atoms with Gasteiger partial charge in [-0.1, -0.05) is 12.1 Å². The molecule has 4 aromatic rings. The maximum atomic E-state index is 12.5. The van der Waals surface area contributed by atoms with E-state index in [1.165, 1.54) is 23.5 Å². The van der Waals surface area contributed by atoms with Crippen LogP contribution in [0.15, 0.2) is 42.7 Å². The Hall–Kier alpha value is -3.59. The van der Waals surface area contributed by atoms with Crippen molar-refractivity contribution in [2.45, 2.75) is 57.3 Å². The number of aliphatic hydroxyl groups is 3. The number of halogens is 3. The molecular formula is C27H29F3N6O4S. The fourth-order valence-electron chi connectivity index (χ4n) is 4.96. The number of fused-ring (bicyclic) bond motifs is 1. The molecule has 5 rings (SSSR count). The number of hydrogen-bond acceptors (Lipinski definition) is 11.